The van der Waals surface area contributed by atoms with Crippen LogP contribution in [0.1, 0.15) is 13.8 Å². The molecule has 0 rings (SSSR count). The van der Waals surface area contributed by atoms with E-state index in [4.69, 9.17) is 4.89 Å². The molecule has 0 amide bonds. The fraction of sp³-hybridized carbons (Fsp3) is 1.00. The quantitative estimate of drug-likeness (QED) is 0.403. The largest absolute Gasteiger partial charge is 0.346 e. The van der Waals surface area contributed by atoms with Gasteiger partial charge in [-0.3, -0.25) is 4.57 Å². The molecule has 4 heteroatoms. The predicted molar refractivity (Wildman–Crippen MR) is 34.9 cm³/mol. The van der Waals surface area contributed by atoms with E-state index < -0.39 is 8.03 Å². The van der Waals surface area contributed by atoms with Crippen molar-refractivity contribution >= 4 is 31.1 Å². The molecule has 0 aromatic carbocycles. The van der Waals surface area contributed by atoms with Crippen LogP contribution in [-0.2, 0) is 4.57 Å². The van der Waals surface area contributed by atoms with Crippen LogP contribution in [0.15, 0.2) is 0 Å². The molecule has 0 saturated carbocycles. The second-order valence-electron chi connectivity index (χ2n) is 1.49. The zero-order valence-electron chi connectivity index (χ0n) is 3.93. The maximum absolute atomic E-state index is 9.88. The number of rotatable bonds is 1. The molecule has 42 valence electrons. The van der Waals surface area contributed by atoms with Crippen LogP contribution in [-0.4, -0.2) is 33.6 Å². The standard InChI is InChI=1S/C3H9O2P.Mg.2H/c1-3(2)6(4)5;;;/h3,6H,1-2H3,(H,4,5);;;. The van der Waals surface area contributed by atoms with E-state index in [9.17, 15) is 4.57 Å². The van der Waals surface area contributed by atoms with Crippen molar-refractivity contribution in [3.05, 3.63) is 0 Å². The van der Waals surface area contributed by atoms with Crippen LogP contribution in [0.25, 0.3) is 0 Å². The average Bonchev–Trinajstić information content (AvgIpc) is 1.36. The van der Waals surface area contributed by atoms with Crippen LogP contribution in [0.5, 0.6) is 0 Å². The van der Waals surface area contributed by atoms with E-state index in [0.717, 1.165) is 0 Å². The first-order valence-corrected chi connectivity index (χ1v) is 3.30. The van der Waals surface area contributed by atoms with Gasteiger partial charge >= 0.3 is 23.1 Å². The van der Waals surface area contributed by atoms with Gasteiger partial charge in [-0.15, -0.1) is 0 Å². The van der Waals surface area contributed by atoms with Crippen LogP contribution in [0.4, 0.5) is 0 Å². The molecule has 0 aromatic rings. The zero-order valence-corrected chi connectivity index (χ0v) is 4.93. The smallest absolute Gasteiger partial charge is 0.316 e. The van der Waals surface area contributed by atoms with Crippen LogP contribution in [0, 0.1) is 0 Å². The van der Waals surface area contributed by atoms with Crippen LogP contribution >= 0.6 is 8.03 Å². The third-order valence-corrected chi connectivity index (χ3v) is 1.48. The average molecular weight is 134 g/mol. The van der Waals surface area contributed by atoms with E-state index in [-0.39, 0.29) is 28.7 Å². The first kappa shape index (κ1) is 10.9. The predicted octanol–water partition coefficient (Wildman–Crippen LogP) is -0.0544. The van der Waals surface area contributed by atoms with E-state index >= 15 is 0 Å². The Morgan fingerprint density at radius 3 is 1.71 bits per heavy atom. The minimum absolute atomic E-state index is 0. The number of hydrogen-bond acceptors (Lipinski definition) is 1. The molecule has 1 unspecified atom stereocenters. The molecule has 7 heavy (non-hydrogen) atoms. The summed E-state index contributed by atoms with van der Waals surface area (Å²) < 4.78 is 9.88. The van der Waals surface area contributed by atoms with Gasteiger partial charge in [-0.05, 0) is 0 Å². The summed E-state index contributed by atoms with van der Waals surface area (Å²) in [7, 11) is -2.20. The van der Waals surface area contributed by atoms with Crippen molar-refractivity contribution in [1.82, 2.24) is 0 Å². The molecule has 0 spiro atoms. The fourth-order valence-corrected chi connectivity index (χ4v) is 0. The van der Waals surface area contributed by atoms with Gasteiger partial charge in [0.05, 0.1) is 0 Å². The van der Waals surface area contributed by atoms with Gasteiger partial charge in [-0.25, -0.2) is 0 Å². The van der Waals surface area contributed by atoms with Crippen molar-refractivity contribution in [2.24, 2.45) is 0 Å². The summed E-state index contributed by atoms with van der Waals surface area (Å²) in [4.78, 5) is 8.18. The van der Waals surface area contributed by atoms with Crippen LogP contribution in [0.3, 0.4) is 0 Å². The SMILES string of the molecule is CC(C)[PH](=O)O.[MgH2]. The lowest BCUT2D eigenvalue weighted by Crippen LogP contribution is -1.81. The number of hydrogen-bond donors (Lipinski definition) is 1. The molecule has 0 bridgehead atoms. The highest BCUT2D eigenvalue weighted by atomic mass is 31.1. The van der Waals surface area contributed by atoms with Crippen molar-refractivity contribution in [3.63, 3.8) is 0 Å². The third kappa shape index (κ3) is 6.96. The minimum atomic E-state index is -2.20. The molecular formula is C3H11MgO2P. The maximum atomic E-state index is 9.88. The first-order valence-electron chi connectivity index (χ1n) is 1.87. The summed E-state index contributed by atoms with van der Waals surface area (Å²) in [5, 5.41) is 0. The Labute approximate surface area is 60.3 Å². The molecule has 0 aromatic heterocycles. The topological polar surface area (TPSA) is 37.3 Å². The highest BCUT2D eigenvalue weighted by Gasteiger charge is 1.95. The molecule has 1 N–H and O–H groups in total. The van der Waals surface area contributed by atoms with Crippen molar-refractivity contribution in [3.8, 4) is 0 Å². The van der Waals surface area contributed by atoms with Gasteiger partial charge in [0.25, 0.3) is 0 Å². The van der Waals surface area contributed by atoms with Crippen molar-refractivity contribution in [2.45, 2.75) is 19.5 Å². The van der Waals surface area contributed by atoms with Gasteiger partial charge in [0.2, 0.25) is 0 Å². The van der Waals surface area contributed by atoms with Crippen molar-refractivity contribution in [1.29, 1.82) is 0 Å². The Balaban J connectivity index is 0. The summed E-state index contributed by atoms with van der Waals surface area (Å²) in [5.41, 5.74) is -0.0463. The highest BCUT2D eigenvalue weighted by molar-refractivity contribution is 7.38. The molecule has 0 aliphatic heterocycles. The van der Waals surface area contributed by atoms with Gasteiger partial charge in [0.1, 0.15) is 0 Å². The summed E-state index contributed by atoms with van der Waals surface area (Å²) in [6, 6.07) is 0. The third-order valence-electron chi connectivity index (χ3n) is 0.494. The zero-order chi connectivity index (χ0) is 5.15. The molecule has 0 heterocycles. The second kappa shape index (κ2) is 5.10. The lowest BCUT2D eigenvalue weighted by atomic mass is 10.6. The summed E-state index contributed by atoms with van der Waals surface area (Å²) in [5.74, 6) is 0. The highest BCUT2D eigenvalue weighted by Crippen LogP contribution is 2.19. The van der Waals surface area contributed by atoms with Crippen molar-refractivity contribution < 1.29 is 9.46 Å². The first-order chi connectivity index (χ1) is 2.64. The molecular weight excluding hydrogens is 123 g/mol. The van der Waals surface area contributed by atoms with Crippen molar-refractivity contribution in [2.75, 3.05) is 0 Å². The Kier molecular flexibility index (Phi) is 7.91. The Morgan fingerprint density at radius 2 is 1.71 bits per heavy atom. The molecule has 0 aliphatic carbocycles. The Morgan fingerprint density at radius 1 is 1.57 bits per heavy atom. The van der Waals surface area contributed by atoms with E-state index in [1.54, 1.807) is 13.8 Å². The van der Waals surface area contributed by atoms with Gasteiger partial charge in [0, 0.05) is 5.66 Å². The molecule has 0 saturated heterocycles. The maximum Gasteiger partial charge on any atom is 0.316 e. The fourth-order valence-electron chi connectivity index (χ4n) is 0. The second-order valence-corrected chi connectivity index (χ2v) is 3.32. The molecule has 0 aliphatic rings. The van der Waals surface area contributed by atoms with Gasteiger partial charge in [-0.1, -0.05) is 13.8 Å². The summed E-state index contributed by atoms with van der Waals surface area (Å²) in [6.45, 7) is 3.45. The summed E-state index contributed by atoms with van der Waals surface area (Å²) in [6.07, 6.45) is 0. The van der Waals surface area contributed by atoms with E-state index in [1.807, 2.05) is 0 Å². The van der Waals surface area contributed by atoms with Gasteiger partial charge in [0.15, 0.2) is 8.03 Å². The van der Waals surface area contributed by atoms with E-state index in [1.165, 1.54) is 0 Å². The van der Waals surface area contributed by atoms with E-state index in [2.05, 4.69) is 0 Å². The Bertz CT molecular complexity index is 64.0. The van der Waals surface area contributed by atoms with Gasteiger partial charge in [-0.2, -0.15) is 0 Å². The molecule has 0 radical (unpaired) electrons. The Hall–Kier alpha value is 0.956. The minimum Gasteiger partial charge on any atom is -0.346 e. The van der Waals surface area contributed by atoms with Crippen LogP contribution in [0.2, 0.25) is 0 Å². The van der Waals surface area contributed by atoms with E-state index in [0.29, 0.717) is 0 Å². The monoisotopic (exact) mass is 134 g/mol. The molecule has 2 nitrogen and oxygen atoms in total. The summed E-state index contributed by atoms with van der Waals surface area (Å²) >= 11 is 0. The normalized spacial score (nSPS) is 13.1. The lowest BCUT2D eigenvalue weighted by molar-refractivity contribution is 0.495. The molecule has 0 fully saturated rings. The van der Waals surface area contributed by atoms with Crippen LogP contribution < -0.4 is 0 Å². The molecule has 1 atom stereocenters. The lowest BCUT2D eigenvalue weighted by Gasteiger charge is -1.91. The van der Waals surface area contributed by atoms with Gasteiger partial charge < -0.3 is 4.89 Å².